The van der Waals surface area contributed by atoms with Gasteiger partial charge in [-0.3, -0.25) is 0 Å². The first-order chi connectivity index (χ1) is 7.58. The molecule has 1 aliphatic carbocycles. The number of aliphatic hydroxyl groups excluding tert-OH is 1. The van der Waals surface area contributed by atoms with E-state index >= 15 is 0 Å². The molecule has 2 N–H and O–H groups in total. The highest BCUT2D eigenvalue weighted by molar-refractivity contribution is 4.72. The second kappa shape index (κ2) is 7.29. The monoisotopic (exact) mass is 227 g/mol. The smallest absolute Gasteiger partial charge is 0.0515 e. The van der Waals surface area contributed by atoms with E-state index in [0.717, 1.165) is 24.8 Å². The largest absolute Gasteiger partial charge is 0.393 e. The molecule has 0 saturated heterocycles. The molecule has 0 heterocycles. The van der Waals surface area contributed by atoms with Gasteiger partial charge in [0.2, 0.25) is 0 Å². The van der Waals surface area contributed by atoms with Crippen LogP contribution in [-0.4, -0.2) is 24.3 Å². The van der Waals surface area contributed by atoms with E-state index in [4.69, 9.17) is 0 Å². The van der Waals surface area contributed by atoms with Crippen LogP contribution in [0.4, 0.5) is 0 Å². The summed E-state index contributed by atoms with van der Waals surface area (Å²) in [5.41, 5.74) is 0. The minimum Gasteiger partial charge on any atom is -0.393 e. The summed E-state index contributed by atoms with van der Waals surface area (Å²) in [6.07, 6.45) is 6.39. The van der Waals surface area contributed by atoms with Crippen molar-refractivity contribution in [2.45, 2.75) is 59.0 Å². The topological polar surface area (TPSA) is 32.3 Å². The van der Waals surface area contributed by atoms with Crippen LogP contribution in [0.1, 0.15) is 52.9 Å². The first-order valence-electron chi connectivity index (χ1n) is 6.96. The van der Waals surface area contributed by atoms with Crippen molar-refractivity contribution in [2.24, 2.45) is 17.8 Å². The molecule has 96 valence electrons. The minimum atomic E-state index is -0.161. The van der Waals surface area contributed by atoms with Crippen molar-refractivity contribution in [2.75, 3.05) is 13.1 Å². The molecule has 1 rings (SSSR count). The second-order valence-electron chi connectivity index (χ2n) is 5.99. The molecular weight excluding hydrogens is 198 g/mol. The quantitative estimate of drug-likeness (QED) is 0.731. The average Bonchev–Trinajstić information content (AvgIpc) is 2.16. The second-order valence-corrected chi connectivity index (χ2v) is 5.99. The zero-order chi connectivity index (χ0) is 12.0. The standard InChI is InChI=1S/C14H29NO/c1-11-5-4-6-14(8-11)10-15-9-12(2)7-13(3)16/h11-16H,4-10H2,1-3H3/t11-,12-,13+,14+/m0/s1. The van der Waals surface area contributed by atoms with E-state index in [1.54, 1.807) is 0 Å². The lowest BCUT2D eigenvalue weighted by atomic mass is 9.82. The number of aliphatic hydroxyl groups is 1. The van der Waals surface area contributed by atoms with E-state index in [0.29, 0.717) is 5.92 Å². The van der Waals surface area contributed by atoms with Gasteiger partial charge in [-0.15, -0.1) is 0 Å². The molecule has 0 unspecified atom stereocenters. The Morgan fingerprint density at radius 3 is 2.69 bits per heavy atom. The summed E-state index contributed by atoms with van der Waals surface area (Å²) in [5.74, 6) is 2.40. The Balaban J connectivity index is 2.05. The van der Waals surface area contributed by atoms with Crippen molar-refractivity contribution in [1.82, 2.24) is 5.32 Å². The lowest BCUT2D eigenvalue weighted by Crippen LogP contribution is -2.30. The molecule has 1 fully saturated rings. The lowest BCUT2D eigenvalue weighted by Gasteiger charge is -2.27. The Morgan fingerprint density at radius 1 is 1.31 bits per heavy atom. The summed E-state index contributed by atoms with van der Waals surface area (Å²) in [5, 5.41) is 12.8. The highest BCUT2D eigenvalue weighted by atomic mass is 16.3. The maximum absolute atomic E-state index is 9.28. The van der Waals surface area contributed by atoms with Crippen molar-refractivity contribution < 1.29 is 5.11 Å². The van der Waals surface area contributed by atoms with Crippen molar-refractivity contribution in [1.29, 1.82) is 0 Å². The molecule has 0 radical (unpaired) electrons. The Labute approximate surface area is 101 Å². The zero-order valence-electron chi connectivity index (χ0n) is 11.2. The van der Waals surface area contributed by atoms with Crippen LogP contribution in [-0.2, 0) is 0 Å². The predicted molar refractivity (Wildman–Crippen MR) is 69.5 cm³/mol. The molecule has 2 nitrogen and oxygen atoms in total. The summed E-state index contributed by atoms with van der Waals surface area (Å²) in [6, 6.07) is 0. The van der Waals surface area contributed by atoms with Gasteiger partial charge in [0.25, 0.3) is 0 Å². The fourth-order valence-electron chi connectivity index (χ4n) is 2.94. The molecule has 0 aromatic carbocycles. The molecular formula is C14H29NO. The van der Waals surface area contributed by atoms with Gasteiger partial charge in [-0.1, -0.05) is 26.7 Å². The average molecular weight is 227 g/mol. The SMILES string of the molecule is C[C@H](CNC[C@@H]1CCC[C@H](C)C1)C[C@@H](C)O. The third kappa shape index (κ3) is 5.86. The van der Waals surface area contributed by atoms with E-state index in [1.165, 1.54) is 32.2 Å². The van der Waals surface area contributed by atoms with Crippen LogP contribution in [0.15, 0.2) is 0 Å². The van der Waals surface area contributed by atoms with E-state index in [2.05, 4.69) is 19.2 Å². The molecule has 0 spiro atoms. The maximum Gasteiger partial charge on any atom is 0.0515 e. The third-order valence-electron chi connectivity index (χ3n) is 3.71. The summed E-state index contributed by atoms with van der Waals surface area (Å²) >= 11 is 0. The summed E-state index contributed by atoms with van der Waals surface area (Å²) < 4.78 is 0. The molecule has 0 aromatic rings. The van der Waals surface area contributed by atoms with E-state index in [-0.39, 0.29) is 6.10 Å². The van der Waals surface area contributed by atoms with Crippen molar-refractivity contribution in [3.63, 3.8) is 0 Å². The number of hydrogen-bond donors (Lipinski definition) is 2. The van der Waals surface area contributed by atoms with E-state index < -0.39 is 0 Å². The van der Waals surface area contributed by atoms with Gasteiger partial charge in [-0.25, -0.2) is 0 Å². The first-order valence-corrected chi connectivity index (χ1v) is 6.96. The Bertz CT molecular complexity index is 182. The molecule has 2 heteroatoms. The molecule has 0 amide bonds. The Hall–Kier alpha value is -0.0800. The fraction of sp³-hybridized carbons (Fsp3) is 1.00. The van der Waals surface area contributed by atoms with Gasteiger partial charge in [0.1, 0.15) is 0 Å². The maximum atomic E-state index is 9.28. The minimum absolute atomic E-state index is 0.161. The van der Waals surface area contributed by atoms with Crippen LogP contribution in [0.3, 0.4) is 0 Å². The zero-order valence-corrected chi connectivity index (χ0v) is 11.2. The molecule has 0 aliphatic heterocycles. The van der Waals surface area contributed by atoms with Gasteiger partial charge in [0.15, 0.2) is 0 Å². The van der Waals surface area contributed by atoms with Gasteiger partial charge < -0.3 is 10.4 Å². The lowest BCUT2D eigenvalue weighted by molar-refractivity contribution is 0.162. The Morgan fingerprint density at radius 2 is 2.06 bits per heavy atom. The van der Waals surface area contributed by atoms with Gasteiger partial charge >= 0.3 is 0 Å². The van der Waals surface area contributed by atoms with Gasteiger partial charge in [0, 0.05) is 0 Å². The highest BCUT2D eigenvalue weighted by Gasteiger charge is 2.18. The molecule has 0 bridgehead atoms. The van der Waals surface area contributed by atoms with Crippen LogP contribution >= 0.6 is 0 Å². The molecule has 4 atom stereocenters. The van der Waals surface area contributed by atoms with Crippen LogP contribution in [0.2, 0.25) is 0 Å². The van der Waals surface area contributed by atoms with E-state index in [9.17, 15) is 5.11 Å². The van der Waals surface area contributed by atoms with Crippen LogP contribution in [0, 0.1) is 17.8 Å². The number of nitrogens with one attached hydrogen (secondary N) is 1. The normalized spacial score (nSPS) is 30.0. The fourth-order valence-corrected chi connectivity index (χ4v) is 2.94. The van der Waals surface area contributed by atoms with Crippen molar-refractivity contribution in [3.8, 4) is 0 Å². The van der Waals surface area contributed by atoms with Crippen molar-refractivity contribution >= 4 is 0 Å². The van der Waals surface area contributed by atoms with Crippen LogP contribution < -0.4 is 5.32 Å². The van der Waals surface area contributed by atoms with Crippen LogP contribution in [0.5, 0.6) is 0 Å². The van der Waals surface area contributed by atoms with Gasteiger partial charge in [-0.05, 0) is 57.0 Å². The van der Waals surface area contributed by atoms with Gasteiger partial charge in [0.05, 0.1) is 6.10 Å². The molecule has 16 heavy (non-hydrogen) atoms. The summed E-state index contributed by atoms with van der Waals surface area (Å²) in [4.78, 5) is 0. The van der Waals surface area contributed by atoms with E-state index in [1.807, 2.05) is 6.92 Å². The Kier molecular flexibility index (Phi) is 6.37. The van der Waals surface area contributed by atoms with Crippen molar-refractivity contribution in [3.05, 3.63) is 0 Å². The summed E-state index contributed by atoms with van der Waals surface area (Å²) in [7, 11) is 0. The molecule has 0 aromatic heterocycles. The molecule has 1 saturated carbocycles. The number of rotatable bonds is 6. The number of hydrogen-bond acceptors (Lipinski definition) is 2. The highest BCUT2D eigenvalue weighted by Crippen LogP contribution is 2.27. The predicted octanol–water partition coefficient (Wildman–Crippen LogP) is 2.81. The van der Waals surface area contributed by atoms with Crippen LogP contribution in [0.25, 0.3) is 0 Å². The summed E-state index contributed by atoms with van der Waals surface area (Å²) in [6.45, 7) is 8.69. The third-order valence-corrected chi connectivity index (χ3v) is 3.71. The molecule has 1 aliphatic rings. The van der Waals surface area contributed by atoms with Gasteiger partial charge in [-0.2, -0.15) is 0 Å². The first kappa shape index (κ1) is 14.0.